The molecule has 1 aliphatic rings. The molecule has 4 nitrogen and oxygen atoms in total. The molecule has 0 bridgehead atoms. The SMILES string of the molecule is CCCN(CC1CCCNC1)C(=O)NC(C)(C)C. The summed E-state index contributed by atoms with van der Waals surface area (Å²) < 4.78 is 0. The summed E-state index contributed by atoms with van der Waals surface area (Å²) in [5.41, 5.74) is -0.159. The molecule has 0 spiro atoms. The highest BCUT2D eigenvalue weighted by atomic mass is 16.2. The van der Waals surface area contributed by atoms with E-state index in [2.05, 4.69) is 17.6 Å². The number of amides is 2. The molecule has 2 amide bonds. The number of hydrogen-bond donors (Lipinski definition) is 2. The minimum absolute atomic E-state index is 0.0786. The fourth-order valence-electron chi connectivity index (χ4n) is 2.34. The van der Waals surface area contributed by atoms with Crippen LogP contribution in [0.25, 0.3) is 0 Å². The van der Waals surface area contributed by atoms with Gasteiger partial charge >= 0.3 is 6.03 Å². The van der Waals surface area contributed by atoms with Gasteiger partial charge < -0.3 is 15.5 Å². The minimum Gasteiger partial charge on any atom is -0.333 e. The molecule has 1 heterocycles. The second-order valence-electron chi connectivity index (χ2n) is 6.34. The first-order chi connectivity index (χ1) is 8.42. The Labute approximate surface area is 111 Å². The Hall–Kier alpha value is -0.770. The maximum atomic E-state index is 12.2. The third kappa shape index (κ3) is 5.71. The topological polar surface area (TPSA) is 44.4 Å². The molecular weight excluding hydrogens is 226 g/mol. The van der Waals surface area contributed by atoms with E-state index >= 15 is 0 Å². The van der Waals surface area contributed by atoms with Crippen molar-refractivity contribution in [3.05, 3.63) is 0 Å². The van der Waals surface area contributed by atoms with Gasteiger partial charge in [-0.1, -0.05) is 6.92 Å². The first-order valence-corrected chi connectivity index (χ1v) is 7.20. The third-order valence-corrected chi connectivity index (χ3v) is 3.14. The predicted octanol–water partition coefficient (Wildman–Crippen LogP) is 2.21. The summed E-state index contributed by atoms with van der Waals surface area (Å²) in [6.07, 6.45) is 3.47. The molecule has 1 unspecified atom stereocenters. The third-order valence-electron chi connectivity index (χ3n) is 3.14. The average molecular weight is 255 g/mol. The van der Waals surface area contributed by atoms with Crippen LogP contribution in [0.3, 0.4) is 0 Å². The van der Waals surface area contributed by atoms with Gasteiger partial charge in [-0.15, -0.1) is 0 Å². The predicted molar refractivity (Wildman–Crippen MR) is 75.7 cm³/mol. The van der Waals surface area contributed by atoms with Gasteiger partial charge in [0.15, 0.2) is 0 Å². The summed E-state index contributed by atoms with van der Waals surface area (Å²) in [6, 6.07) is 0.0786. The zero-order valence-corrected chi connectivity index (χ0v) is 12.4. The van der Waals surface area contributed by atoms with E-state index in [1.165, 1.54) is 12.8 Å². The molecule has 1 rings (SSSR count). The van der Waals surface area contributed by atoms with Crippen molar-refractivity contribution in [3.63, 3.8) is 0 Å². The molecular formula is C14H29N3O. The second kappa shape index (κ2) is 6.98. The van der Waals surface area contributed by atoms with E-state index < -0.39 is 0 Å². The number of rotatable bonds is 4. The van der Waals surface area contributed by atoms with Crippen LogP contribution in [0.5, 0.6) is 0 Å². The van der Waals surface area contributed by atoms with Crippen molar-refractivity contribution < 1.29 is 4.79 Å². The summed E-state index contributed by atoms with van der Waals surface area (Å²) in [5, 5.41) is 6.47. The molecule has 0 radical (unpaired) electrons. The summed E-state index contributed by atoms with van der Waals surface area (Å²) in [6.45, 7) is 12.1. The van der Waals surface area contributed by atoms with Gasteiger partial charge in [0.05, 0.1) is 0 Å². The number of hydrogen-bond acceptors (Lipinski definition) is 2. The summed E-state index contributed by atoms with van der Waals surface area (Å²) >= 11 is 0. The summed E-state index contributed by atoms with van der Waals surface area (Å²) in [5.74, 6) is 0.607. The Bertz CT molecular complexity index is 254. The van der Waals surface area contributed by atoms with Crippen LogP contribution in [0, 0.1) is 5.92 Å². The van der Waals surface area contributed by atoms with E-state index in [1.807, 2.05) is 25.7 Å². The van der Waals surface area contributed by atoms with Crippen LogP contribution in [0.15, 0.2) is 0 Å². The summed E-state index contributed by atoms with van der Waals surface area (Å²) in [7, 11) is 0. The Kier molecular flexibility index (Phi) is 5.93. The fraction of sp³-hybridized carbons (Fsp3) is 0.929. The zero-order chi connectivity index (χ0) is 13.6. The lowest BCUT2D eigenvalue weighted by molar-refractivity contribution is 0.173. The molecule has 106 valence electrons. The number of nitrogens with zero attached hydrogens (tertiary/aromatic N) is 1. The van der Waals surface area contributed by atoms with E-state index in [4.69, 9.17) is 0 Å². The van der Waals surface area contributed by atoms with Crippen LogP contribution in [0.1, 0.15) is 47.0 Å². The van der Waals surface area contributed by atoms with Crippen molar-refractivity contribution in [2.24, 2.45) is 5.92 Å². The molecule has 18 heavy (non-hydrogen) atoms. The molecule has 1 atom stereocenters. The lowest BCUT2D eigenvalue weighted by atomic mass is 9.99. The van der Waals surface area contributed by atoms with Gasteiger partial charge in [-0.25, -0.2) is 4.79 Å². The van der Waals surface area contributed by atoms with E-state index in [-0.39, 0.29) is 11.6 Å². The van der Waals surface area contributed by atoms with E-state index in [1.54, 1.807) is 0 Å². The summed E-state index contributed by atoms with van der Waals surface area (Å²) in [4.78, 5) is 14.2. The van der Waals surface area contributed by atoms with Crippen molar-refractivity contribution in [2.75, 3.05) is 26.2 Å². The molecule has 0 saturated carbocycles. The van der Waals surface area contributed by atoms with Crippen molar-refractivity contribution in [1.29, 1.82) is 0 Å². The lowest BCUT2D eigenvalue weighted by Gasteiger charge is -2.32. The Morgan fingerprint density at radius 2 is 2.17 bits per heavy atom. The molecule has 0 aromatic heterocycles. The average Bonchev–Trinajstić information content (AvgIpc) is 2.27. The van der Waals surface area contributed by atoms with E-state index in [0.717, 1.165) is 32.6 Å². The van der Waals surface area contributed by atoms with E-state index in [0.29, 0.717) is 5.92 Å². The second-order valence-corrected chi connectivity index (χ2v) is 6.34. The van der Waals surface area contributed by atoms with Crippen molar-refractivity contribution >= 4 is 6.03 Å². The number of carbonyl (C=O) groups is 1. The standard InChI is InChI=1S/C14H29N3O/c1-5-9-17(13(18)16-14(2,3)4)11-12-7-6-8-15-10-12/h12,15H,5-11H2,1-4H3,(H,16,18). The molecule has 0 aromatic carbocycles. The van der Waals surface area contributed by atoms with Crippen LogP contribution in [-0.4, -0.2) is 42.6 Å². The fourth-order valence-corrected chi connectivity index (χ4v) is 2.34. The van der Waals surface area contributed by atoms with Gasteiger partial charge in [0, 0.05) is 18.6 Å². The van der Waals surface area contributed by atoms with Gasteiger partial charge in [0.2, 0.25) is 0 Å². The number of carbonyl (C=O) groups excluding carboxylic acids is 1. The first kappa shape index (κ1) is 15.3. The maximum Gasteiger partial charge on any atom is 0.317 e. The van der Waals surface area contributed by atoms with Crippen molar-refractivity contribution in [3.8, 4) is 0 Å². The van der Waals surface area contributed by atoms with Crippen LogP contribution in [0.4, 0.5) is 4.79 Å². The van der Waals surface area contributed by atoms with E-state index in [9.17, 15) is 4.79 Å². The normalized spacial score (nSPS) is 20.6. The molecule has 0 aliphatic carbocycles. The highest BCUT2D eigenvalue weighted by Gasteiger charge is 2.22. The monoisotopic (exact) mass is 255 g/mol. The largest absolute Gasteiger partial charge is 0.333 e. The Morgan fingerprint density at radius 3 is 2.67 bits per heavy atom. The van der Waals surface area contributed by atoms with Crippen LogP contribution < -0.4 is 10.6 Å². The molecule has 1 fully saturated rings. The molecule has 1 saturated heterocycles. The van der Waals surface area contributed by atoms with Gasteiger partial charge in [-0.05, 0) is 59.0 Å². The smallest absolute Gasteiger partial charge is 0.317 e. The molecule has 2 N–H and O–H groups in total. The van der Waals surface area contributed by atoms with Gasteiger partial charge in [0.25, 0.3) is 0 Å². The van der Waals surface area contributed by atoms with Crippen LogP contribution >= 0.6 is 0 Å². The van der Waals surface area contributed by atoms with Crippen molar-refractivity contribution in [2.45, 2.75) is 52.5 Å². The van der Waals surface area contributed by atoms with Gasteiger partial charge in [-0.2, -0.15) is 0 Å². The quantitative estimate of drug-likeness (QED) is 0.809. The first-order valence-electron chi connectivity index (χ1n) is 7.20. The van der Waals surface area contributed by atoms with Gasteiger partial charge in [0.1, 0.15) is 0 Å². The highest BCUT2D eigenvalue weighted by Crippen LogP contribution is 2.13. The minimum atomic E-state index is -0.159. The highest BCUT2D eigenvalue weighted by molar-refractivity contribution is 5.74. The number of piperidine rings is 1. The lowest BCUT2D eigenvalue weighted by Crippen LogP contribution is -2.51. The van der Waals surface area contributed by atoms with Crippen LogP contribution in [-0.2, 0) is 0 Å². The molecule has 0 aromatic rings. The van der Waals surface area contributed by atoms with Crippen molar-refractivity contribution in [1.82, 2.24) is 15.5 Å². The molecule has 4 heteroatoms. The molecule has 1 aliphatic heterocycles. The van der Waals surface area contributed by atoms with Gasteiger partial charge in [-0.3, -0.25) is 0 Å². The number of urea groups is 1. The maximum absolute atomic E-state index is 12.2. The Morgan fingerprint density at radius 1 is 1.44 bits per heavy atom. The number of nitrogens with one attached hydrogen (secondary N) is 2. The van der Waals surface area contributed by atoms with Crippen LogP contribution in [0.2, 0.25) is 0 Å². The Balaban J connectivity index is 2.49. The zero-order valence-electron chi connectivity index (χ0n) is 12.4.